The van der Waals surface area contributed by atoms with Crippen LogP contribution in [-0.2, 0) is 10.0 Å². The number of rotatable bonds is 6. The summed E-state index contributed by atoms with van der Waals surface area (Å²) in [5, 5.41) is 0. The highest BCUT2D eigenvalue weighted by Gasteiger charge is 2.36. The van der Waals surface area contributed by atoms with E-state index in [1.807, 2.05) is 19.1 Å². The number of aromatic nitrogens is 1. The third kappa shape index (κ3) is 3.44. The van der Waals surface area contributed by atoms with Crippen molar-refractivity contribution in [1.82, 2.24) is 9.29 Å². The molecule has 2 heterocycles. The van der Waals surface area contributed by atoms with Crippen LogP contribution in [0.25, 0.3) is 0 Å². The van der Waals surface area contributed by atoms with Gasteiger partial charge in [0.05, 0.1) is 17.5 Å². The lowest BCUT2D eigenvalue weighted by Crippen LogP contribution is -2.30. The van der Waals surface area contributed by atoms with Gasteiger partial charge in [-0.15, -0.1) is 0 Å². The predicted molar refractivity (Wildman–Crippen MR) is 92.3 cm³/mol. The monoisotopic (exact) mass is 346 g/mol. The molecule has 128 valence electrons. The Hall–Kier alpha value is -1.92. The lowest BCUT2D eigenvalue weighted by atomic mass is 10.1. The highest BCUT2D eigenvalue weighted by Crippen LogP contribution is 2.36. The summed E-state index contributed by atoms with van der Waals surface area (Å²) >= 11 is 0. The van der Waals surface area contributed by atoms with E-state index in [0.29, 0.717) is 23.8 Å². The van der Waals surface area contributed by atoms with Crippen LogP contribution >= 0.6 is 0 Å². The number of ether oxygens (including phenoxy) is 1. The van der Waals surface area contributed by atoms with Crippen LogP contribution in [0, 0.1) is 0 Å². The molecule has 3 rings (SSSR count). The Balaban J connectivity index is 1.84. The lowest BCUT2D eigenvalue weighted by molar-refractivity contribution is 0.317. The van der Waals surface area contributed by atoms with Gasteiger partial charge < -0.3 is 4.74 Å². The van der Waals surface area contributed by atoms with Gasteiger partial charge in [0, 0.05) is 18.9 Å². The lowest BCUT2D eigenvalue weighted by Gasteiger charge is -2.24. The second-order valence-corrected chi connectivity index (χ2v) is 7.76. The van der Waals surface area contributed by atoms with Crippen molar-refractivity contribution in [1.29, 1.82) is 0 Å². The van der Waals surface area contributed by atoms with Crippen molar-refractivity contribution >= 4 is 10.0 Å². The molecule has 0 bridgehead atoms. The SMILES string of the molecule is CCCOc1ccc(S(=O)(=O)N2CCCC2c2ccncc2)cc1. The van der Waals surface area contributed by atoms with E-state index in [4.69, 9.17) is 4.74 Å². The Morgan fingerprint density at radius 3 is 2.54 bits per heavy atom. The summed E-state index contributed by atoms with van der Waals surface area (Å²) in [6.45, 7) is 3.21. The number of hydrogen-bond acceptors (Lipinski definition) is 4. The highest BCUT2D eigenvalue weighted by molar-refractivity contribution is 7.89. The molecule has 1 unspecified atom stereocenters. The summed E-state index contributed by atoms with van der Waals surface area (Å²) in [6.07, 6.45) is 6.03. The second kappa shape index (κ2) is 7.32. The van der Waals surface area contributed by atoms with Crippen LogP contribution in [0.1, 0.15) is 37.8 Å². The largest absolute Gasteiger partial charge is 0.494 e. The maximum atomic E-state index is 13.0. The van der Waals surface area contributed by atoms with Crippen LogP contribution in [-0.4, -0.2) is 30.9 Å². The van der Waals surface area contributed by atoms with Gasteiger partial charge >= 0.3 is 0 Å². The Morgan fingerprint density at radius 2 is 1.88 bits per heavy atom. The Labute approximate surface area is 143 Å². The van der Waals surface area contributed by atoms with Crippen molar-refractivity contribution in [2.45, 2.75) is 37.1 Å². The molecule has 5 nitrogen and oxygen atoms in total. The van der Waals surface area contributed by atoms with Crippen LogP contribution in [0.5, 0.6) is 5.75 Å². The van der Waals surface area contributed by atoms with Gasteiger partial charge in [-0.1, -0.05) is 6.92 Å². The minimum Gasteiger partial charge on any atom is -0.494 e. The minimum atomic E-state index is -3.52. The standard InChI is InChI=1S/C18H22N2O3S/c1-2-14-23-16-5-7-17(8-6-16)24(21,22)20-13-3-4-18(20)15-9-11-19-12-10-15/h5-12,18H,2-4,13-14H2,1H3. The van der Waals surface area contributed by atoms with E-state index in [9.17, 15) is 8.42 Å². The average molecular weight is 346 g/mol. The quantitative estimate of drug-likeness (QED) is 0.804. The molecule has 0 amide bonds. The number of pyridine rings is 1. The Bertz CT molecular complexity index is 761. The average Bonchev–Trinajstić information content (AvgIpc) is 3.12. The van der Waals surface area contributed by atoms with Gasteiger partial charge in [0.25, 0.3) is 0 Å². The molecule has 1 atom stereocenters. The Kier molecular flexibility index (Phi) is 5.16. The third-order valence-electron chi connectivity index (χ3n) is 4.20. The van der Waals surface area contributed by atoms with Gasteiger partial charge in [-0.3, -0.25) is 4.98 Å². The summed E-state index contributed by atoms with van der Waals surface area (Å²) in [5.41, 5.74) is 0.994. The summed E-state index contributed by atoms with van der Waals surface area (Å²) in [4.78, 5) is 4.33. The molecule has 2 aromatic rings. The van der Waals surface area contributed by atoms with Crippen LogP contribution in [0.2, 0.25) is 0 Å². The fourth-order valence-electron chi connectivity index (χ4n) is 3.01. The van der Waals surface area contributed by atoms with Crippen LogP contribution in [0.15, 0.2) is 53.7 Å². The third-order valence-corrected chi connectivity index (χ3v) is 6.12. The smallest absolute Gasteiger partial charge is 0.243 e. The van der Waals surface area contributed by atoms with E-state index in [1.54, 1.807) is 41.0 Å². The van der Waals surface area contributed by atoms with Gasteiger partial charge in [-0.25, -0.2) is 8.42 Å². The summed E-state index contributed by atoms with van der Waals surface area (Å²) in [5.74, 6) is 0.697. The molecular formula is C18H22N2O3S. The highest BCUT2D eigenvalue weighted by atomic mass is 32.2. The fourth-order valence-corrected chi connectivity index (χ4v) is 4.69. The van der Waals surface area contributed by atoms with Crippen molar-refractivity contribution < 1.29 is 13.2 Å². The summed E-state index contributed by atoms with van der Waals surface area (Å²) in [6, 6.07) is 10.4. The van der Waals surface area contributed by atoms with E-state index in [0.717, 1.165) is 24.8 Å². The molecule has 1 aliphatic rings. The number of hydrogen-bond donors (Lipinski definition) is 0. The topological polar surface area (TPSA) is 59.5 Å². The van der Waals surface area contributed by atoms with Gasteiger partial charge in [0.2, 0.25) is 10.0 Å². The zero-order chi connectivity index (χ0) is 17.0. The normalized spacial score (nSPS) is 18.6. The summed E-state index contributed by atoms with van der Waals surface area (Å²) in [7, 11) is -3.52. The molecule has 1 aromatic heterocycles. The van der Waals surface area contributed by atoms with E-state index < -0.39 is 10.0 Å². The maximum Gasteiger partial charge on any atom is 0.243 e. The first-order valence-electron chi connectivity index (χ1n) is 8.27. The second-order valence-electron chi connectivity index (χ2n) is 5.87. The molecular weight excluding hydrogens is 324 g/mol. The van der Waals surface area contributed by atoms with Gasteiger partial charge in [0.1, 0.15) is 5.75 Å². The maximum absolute atomic E-state index is 13.0. The van der Waals surface area contributed by atoms with Crippen molar-refractivity contribution in [2.75, 3.05) is 13.2 Å². The predicted octanol–water partition coefficient (Wildman–Crippen LogP) is 3.40. The first-order chi connectivity index (χ1) is 11.6. The molecule has 1 aliphatic heterocycles. The fraction of sp³-hybridized carbons (Fsp3) is 0.389. The van der Waals surface area contributed by atoms with Crippen molar-refractivity contribution in [2.24, 2.45) is 0 Å². The molecule has 0 N–H and O–H groups in total. The summed E-state index contributed by atoms with van der Waals surface area (Å²) < 4.78 is 33.2. The van der Waals surface area contributed by atoms with E-state index in [-0.39, 0.29) is 6.04 Å². The van der Waals surface area contributed by atoms with Crippen molar-refractivity contribution in [3.63, 3.8) is 0 Å². The zero-order valence-corrected chi connectivity index (χ0v) is 14.6. The van der Waals surface area contributed by atoms with Crippen molar-refractivity contribution in [3.8, 4) is 5.75 Å². The van der Waals surface area contributed by atoms with Gasteiger partial charge in [-0.05, 0) is 61.2 Å². The number of sulfonamides is 1. The molecule has 1 aromatic carbocycles. The number of benzene rings is 1. The van der Waals surface area contributed by atoms with Crippen LogP contribution in [0.4, 0.5) is 0 Å². The molecule has 0 radical (unpaired) electrons. The first kappa shape index (κ1) is 16.9. The number of nitrogens with zero attached hydrogens (tertiary/aromatic N) is 2. The molecule has 0 spiro atoms. The van der Waals surface area contributed by atoms with Crippen LogP contribution in [0.3, 0.4) is 0 Å². The van der Waals surface area contributed by atoms with E-state index >= 15 is 0 Å². The molecule has 0 saturated carbocycles. The molecule has 6 heteroatoms. The van der Waals surface area contributed by atoms with E-state index in [2.05, 4.69) is 4.98 Å². The first-order valence-corrected chi connectivity index (χ1v) is 9.71. The molecule has 1 saturated heterocycles. The molecule has 24 heavy (non-hydrogen) atoms. The van der Waals surface area contributed by atoms with E-state index in [1.165, 1.54) is 0 Å². The minimum absolute atomic E-state index is 0.117. The van der Waals surface area contributed by atoms with Gasteiger partial charge in [-0.2, -0.15) is 4.31 Å². The van der Waals surface area contributed by atoms with Crippen molar-refractivity contribution in [3.05, 3.63) is 54.4 Å². The molecule has 0 aliphatic carbocycles. The molecule has 1 fully saturated rings. The van der Waals surface area contributed by atoms with Gasteiger partial charge in [0.15, 0.2) is 0 Å². The zero-order valence-electron chi connectivity index (χ0n) is 13.8. The van der Waals surface area contributed by atoms with Crippen LogP contribution < -0.4 is 4.74 Å². The Morgan fingerprint density at radius 1 is 1.17 bits per heavy atom.